The first kappa shape index (κ1) is 11.9. The molecular weight excluding hydrogens is 230 g/mol. The van der Waals surface area contributed by atoms with Gasteiger partial charge in [0.05, 0.1) is 0 Å². The standard InChI is InChI=1S/C13H17N3S/c1-2-14-12-4-3-5-13(16-12)15-8-6-11-7-9-17-10-11/h3-5,7,9-10H,2,6,8H2,1H3,(H2,14,15,16). The highest BCUT2D eigenvalue weighted by Gasteiger charge is 1.97. The van der Waals surface area contributed by atoms with Crippen LogP contribution in [0.4, 0.5) is 11.6 Å². The second-order valence-electron chi connectivity index (χ2n) is 3.75. The van der Waals surface area contributed by atoms with Gasteiger partial charge in [0.15, 0.2) is 0 Å². The molecule has 0 saturated heterocycles. The van der Waals surface area contributed by atoms with Gasteiger partial charge in [-0.05, 0) is 47.9 Å². The number of rotatable bonds is 6. The summed E-state index contributed by atoms with van der Waals surface area (Å²) in [4.78, 5) is 4.46. The molecule has 4 heteroatoms. The Kier molecular flexibility index (Phi) is 4.38. The van der Waals surface area contributed by atoms with E-state index in [-0.39, 0.29) is 0 Å². The minimum absolute atomic E-state index is 0.894. The summed E-state index contributed by atoms with van der Waals surface area (Å²) >= 11 is 1.74. The van der Waals surface area contributed by atoms with Crippen LogP contribution < -0.4 is 10.6 Å². The van der Waals surface area contributed by atoms with Gasteiger partial charge in [-0.3, -0.25) is 0 Å². The molecule has 0 bridgehead atoms. The molecule has 0 aliphatic heterocycles. The van der Waals surface area contributed by atoms with E-state index >= 15 is 0 Å². The Morgan fingerprint density at radius 3 is 2.71 bits per heavy atom. The largest absolute Gasteiger partial charge is 0.370 e. The monoisotopic (exact) mass is 247 g/mol. The van der Waals surface area contributed by atoms with Crippen molar-refractivity contribution in [1.29, 1.82) is 0 Å². The van der Waals surface area contributed by atoms with E-state index in [0.717, 1.165) is 31.1 Å². The van der Waals surface area contributed by atoms with Crippen molar-refractivity contribution >= 4 is 23.0 Å². The predicted octanol–water partition coefficient (Wildman–Crippen LogP) is 3.23. The first-order valence-electron chi connectivity index (χ1n) is 5.84. The Hall–Kier alpha value is -1.55. The lowest BCUT2D eigenvalue weighted by Crippen LogP contribution is -2.07. The highest BCUT2D eigenvalue weighted by atomic mass is 32.1. The fourth-order valence-corrected chi connectivity index (χ4v) is 2.29. The summed E-state index contributed by atoms with van der Waals surface area (Å²) in [5.41, 5.74) is 1.38. The molecule has 2 rings (SSSR count). The normalized spacial score (nSPS) is 10.2. The molecule has 0 aromatic carbocycles. The van der Waals surface area contributed by atoms with Gasteiger partial charge < -0.3 is 10.6 Å². The summed E-state index contributed by atoms with van der Waals surface area (Å²) in [6, 6.07) is 8.15. The van der Waals surface area contributed by atoms with Crippen molar-refractivity contribution < 1.29 is 0 Å². The Morgan fingerprint density at radius 2 is 2.00 bits per heavy atom. The Labute approximate surface area is 106 Å². The van der Waals surface area contributed by atoms with Crippen molar-refractivity contribution in [3.8, 4) is 0 Å². The maximum absolute atomic E-state index is 4.46. The molecule has 0 fully saturated rings. The number of nitrogens with zero attached hydrogens (tertiary/aromatic N) is 1. The maximum atomic E-state index is 4.46. The maximum Gasteiger partial charge on any atom is 0.128 e. The van der Waals surface area contributed by atoms with E-state index in [4.69, 9.17) is 0 Å². The molecule has 0 amide bonds. The SMILES string of the molecule is CCNc1cccc(NCCc2ccsc2)n1. The first-order chi connectivity index (χ1) is 8.38. The topological polar surface area (TPSA) is 37.0 Å². The highest BCUT2D eigenvalue weighted by Crippen LogP contribution is 2.10. The van der Waals surface area contributed by atoms with Crippen LogP contribution in [0.5, 0.6) is 0 Å². The van der Waals surface area contributed by atoms with Crippen LogP contribution in [0.25, 0.3) is 0 Å². The first-order valence-corrected chi connectivity index (χ1v) is 6.78. The van der Waals surface area contributed by atoms with Gasteiger partial charge in [-0.1, -0.05) is 6.07 Å². The molecule has 0 saturated carbocycles. The lowest BCUT2D eigenvalue weighted by molar-refractivity contribution is 1.01. The van der Waals surface area contributed by atoms with Crippen LogP contribution in [-0.4, -0.2) is 18.1 Å². The van der Waals surface area contributed by atoms with Crippen LogP contribution >= 0.6 is 11.3 Å². The van der Waals surface area contributed by atoms with Gasteiger partial charge in [-0.25, -0.2) is 4.98 Å². The van der Waals surface area contributed by atoms with E-state index in [9.17, 15) is 0 Å². The Balaban J connectivity index is 1.84. The molecule has 17 heavy (non-hydrogen) atoms. The van der Waals surface area contributed by atoms with Crippen molar-refractivity contribution in [2.24, 2.45) is 0 Å². The van der Waals surface area contributed by atoms with Gasteiger partial charge >= 0.3 is 0 Å². The number of hydrogen-bond acceptors (Lipinski definition) is 4. The van der Waals surface area contributed by atoms with E-state index < -0.39 is 0 Å². The number of thiophene rings is 1. The summed E-state index contributed by atoms with van der Waals surface area (Å²) in [6.45, 7) is 3.88. The molecule has 0 unspecified atom stereocenters. The van der Waals surface area contributed by atoms with E-state index in [1.807, 2.05) is 18.2 Å². The molecule has 3 nitrogen and oxygen atoms in total. The number of anilines is 2. The fourth-order valence-electron chi connectivity index (χ4n) is 1.58. The minimum Gasteiger partial charge on any atom is -0.370 e. The third kappa shape index (κ3) is 3.75. The Bertz CT molecular complexity index is 440. The zero-order valence-electron chi connectivity index (χ0n) is 9.94. The van der Waals surface area contributed by atoms with Crippen LogP contribution in [0.3, 0.4) is 0 Å². The Morgan fingerprint density at radius 1 is 1.18 bits per heavy atom. The van der Waals surface area contributed by atoms with Crippen molar-refractivity contribution in [2.45, 2.75) is 13.3 Å². The summed E-state index contributed by atoms with van der Waals surface area (Å²) < 4.78 is 0. The molecule has 0 aliphatic rings. The smallest absolute Gasteiger partial charge is 0.128 e. The summed E-state index contributed by atoms with van der Waals surface area (Å²) in [5.74, 6) is 1.85. The number of aromatic nitrogens is 1. The predicted molar refractivity (Wildman–Crippen MR) is 74.9 cm³/mol. The molecule has 0 atom stereocenters. The van der Waals surface area contributed by atoms with Crippen molar-refractivity contribution in [3.05, 3.63) is 40.6 Å². The van der Waals surface area contributed by atoms with Gasteiger partial charge in [0, 0.05) is 13.1 Å². The van der Waals surface area contributed by atoms with E-state index in [1.165, 1.54) is 5.56 Å². The van der Waals surface area contributed by atoms with Crippen LogP contribution in [0.2, 0.25) is 0 Å². The van der Waals surface area contributed by atoms with Crippen molar-refractivity contribution in [2.75, 3.05) is 23.7 Å². The lowest BCUT2D eigenvalue weighted by Gasteiger charge is -2.07. The molecule has 2 aromatic heterocycles. The quantitative estimate of drug-likeness (QED) is 0.823. The third-order valence-electron chi connectivity index (χ3n) is 2.41. The average molecular weight is 247 g/mol. The van der Waals surface area contributed by atoms with Gasteiger partial charge in [0.2, 0.25) is 0 Å². The van der Waals surface area contributed by atoms with E-state index in [0.29, 0.717) is 0 Å². The summed E-state index contributed by atoms with van der Waals surface area (Å²) in [7, 11) is 0. The van der Waals surface area contributed by atoms with Crippen molar-refractivity contribution in [1.82, 2.24) is 4.98 Å². The molecular formula is C13H17N3S. The van der Waals surface area contributed by atoms with Crippen LogP contribution in [0.15, 0.2) is 35.0 Å². The van der Waals surface area contributed by atoms with E-state index in [1.54, 1.807) is 11.3 Å². The molecule has 0 radical (unpaired) electrons. The molecule has 90 valence electrons. The van der Waals surface area contributed by atoms with Crippen LogP contribution in [-0.2, 0) is 6.42 Å². The number of pyridine rings is 1. The second-order valence-corrected chi connectivity index (χ2v) is 4.53. The number of nitrogens with one attached hydrogen (secondary N) is 2. The lowest BCUT2D eigenvalue weighted by atomic mass is 10.2. The zero-order valence-corrected chi connectivity index (χ0v) is 10.8. The van der Waals surface area contributed by atoms with Crippen LogP contribution in [0, 0.1) is 0 Å². The van der Waals surface area contributed by atoms with Crippen molar-refractivity contribution in [3.63, 3.8) is 0 Å². The van der Waals surface area contributed by atoms with Gasteiger partial charge in [-0.2, -0.15) is 11.3 Å². The van der Waals surface area contributed by atoms with Gasteiger partial charge in [0.1, 0.15) is 11.6 Å². The summed E-state index contributed by atoms with van der Waals surface area (Å²) in [6.07, 6.45) is 1.04. The minimum atomic E-state index is 0.894. The molecule has 2 N–H and O–H groups in total. The van der Waals surface area contributed by atoms with Crippen LogP contribution in [0.1, 0.15) is 12.5 Å². The zero-order chi connectivity index (χ0) is 11.9. The molecule has 0 aliphatic carbocycles. The second kappa shape index (κ2) is 6.25. The van der Waals surface area contributed by atoms with E-state index in [2.05, 4.69) is 39.4 Å². The van der Waals surface area contributed by atoms with Gasteiger partial charge in [0.25, 0.3) is 0 Å². The van der Waals surface area contributed by atoms with Gasteiger partial charge in [-0.15, -0.1) is 0 Å². The number of hydrogen-bond donors (Lipinski definition) is 2. The third-order valence-corrected chi connectivity index (χ3v) is 3.14. The summed E-state index contributed by atoms with van der Waals surface area (Å²) in [5, 5.41) is 10.8. The molecule has 0 spiro atoms. The molecule has 2 heterocycles. The average Bonchev–Trinajstić information content (AvgIpc) is 2.83. The highest BCUT2D eigenvalue weighted by molar-refractivity contribution is 7.07. The fraction of sp³-hybridized carbons (Fsp3) is 0.308. The molecule has 2 aromatic rings.